The van der Waals surface area contributed by atoms with Crippen LogP contribution in [0.15, 0.2) is 12.2 Å². The first kappa shape index (κ1) is 35.8. The number of hydrogen-bond acceptors (Lipinski definition) is 8. The first-order valence-corrected chi connectivity index (χ1v) is 15.7. The van der Waals surface area contributed by atoms with Gasteiger partial charge in [0, 0.05) is 19.4 Å². The number of rotatable bonds is 26. The lowest BCUT2D eigenvalue weighted by Crippen LogP contribution is -2.29. The van der Waals surface area contributed by atoms with E-state index in [1.165, 1.54) is 12.8 Å². The maximum absolute atomic E-state index is 12.3. The van der Waals surface area contributed by atoms with Gasteiger partial charge >= 0.3 is 19.8 Å². The van der Waals surface area contributed by atoms with Crippen molar-refractivity contribution in [3.8, 4) is 0 Å². The fourth-order valence-electron chi connectivity index (χ4n) is 3.49. The molecule has 2 atom stereocenters. The topological polar surface area (TPSA) is 134 Å². The summed E-state index contributed by atoms with van der Waals surface area (Å²) >= 11 is 0. The number of nitrogens with two attached hydrogens (primary N) is 1. The van der Waals surface area contributed by atoms with Crippen LogP contribution < -0.4 is 5.73 Å². The third kappa shape index (κ3) is 24.8. The van der Waals surface area contributed by atoms with Crippen LogP contribution in [0.4, 0.5) is 0 Å². The monoisotopic (exact) mass is 549 g/mol. The van der Waals surface area contributed by atoms with Gasteiger partial charge in [0.1, 0.15) is 6.61 Å². The smallest absolute Gasteiger partial charge is 0.462 e. The molecule has 218 valence electrons. The number of hydrogen-bond donors (Lipinski definition) is 2. The molecule has 0 fully saturated rings. The van der Waals surface area contributed by atoms with E-state index in [-0.39, 0.29) is 32.6 Å². The zero-order valence-electron chi connectivity index (χ0n) is 23.2. The molecule has 0 aliphatic rings. The number of unbranched alkanes of at least 4 members (excludes halogenated alkanes) is 11. The fourth-order valence-corrected chi connectivity index (χ4v) is 4.26. The van der Waals surface area contributed by atoms with Crippen molar-refractivity contribution >= 4 is 19.8 Å². The Balaban J connectivity index is 4.36. The van der Waals surface area contributed by atoms with Crippen molar-refractivity contribution in [2.24, 2.45) is 5.73 Å². The molecule has 0 bridgehead atoms. The summed E-state index contributed by atoms with van der Waals surface area (Å²) in [7, 11) is -4.35. The van der Waals surface area contributed by atoms with Crippen LogP contribution in [-0.4, -0.2) is 49.3 Å². The highest BCUT2D eigenvalue weighted by atomic mass is 31.2. The molecule has 37 heavy (non-hydrogen) atoms. The number of carbonyl (C=O) groups is 2. The molecule has 0 aromatic heterocycles. The molecule has 0 heterocycles. The van der Waals surface area contributed by atoms with Gasteiger partial charge in [-0.1, -0.05) is 83.8 Å². The predicted octanol–water partition coefficient (Wildman–Crippen LogP) is 6.37. The highest BCUT2D eigenvalue weighted by Gasteiger charge is 2.25. The minimum absolute atomic E-state index is 0.0534. The fraction of sp³-hybridized carbons (Fsp3) is 0.852. The maximum atomic E-state index is 12.3. The predicted molar refractivity (Wildman–Crippen MR) is 146 cm³/mol. The Morgan fingerprint density at radius 3 is 2.00 bits per heavy atom. The lowest BCUT2D eigenvalue weighted by molar-refractivity contribution is -0.161. The van der Waals surface area contributed by atoms with E-state index in [0.717, 1.165) is 70.6 Å². The molecule has 0 spiro atoms. The summed E-state index contributed by atoms with van der Waals surface area (Å²) in [6, 6.07) is 0. The molecule has 0 aromatic rings. The highest BCUT2D eigenvalue weighted by molar-refractivity contribution is 7.47. The second-order valence-corrected chi connectivity index (χ2v) is 10.7. The van der Waals surface area contributed by atoms with Crippen LogP contribution in [0.3, 0.4) is 0 Å². The molecule has 0 saturated carbocycles. The summed E-state index contributed by atoms with van der Waals surface area (Å²) in [6.07, 6.45) is 18.6. The van der Waals surface area contributed by atoms with Gasteiger partial charge in [-0.2, -0.15) is 0 Å². The van der Waals surface area contributed by atoms with Crippen molar-refractivity contribution in [1.82, 2.24) is 0 Å². The lowest BCUT2D eigenvalue weighted by Gasteiger charge is -2.19. The molecule has 0 radical (unpaired) electrons. The van der Waals surface area contributed by atoms with Crippen molar-refractivity contribution < 1.29 is 37.6 Å². The molecule has 9 nitrogen and oxygen atoms in total. The first-order chi connectivity index (χ1) is 17.8. The Hall–Kier alpha value is -1.25. The first-order valence-electron chi connectivity index (χ1n) is 14.2. The zero-order valence-corrected chi connectivity index (χ0v) is 24.1. The molecule has 3 N–H and O–H groups in total. The van der Waals surface area contributed by atoms with Crippen molar-refractivity contribution in [3.05, 3.63) is 12.2 Å². The Morgan fingerprint density at radius 2 is 1.35 bits per heavy atom. The average molecular weight is 550 g/mol. The molecule has 0 aliphatic carbocycles. The second-order valence-electron chi connectivity index (χ2n) is 9.27. The van der Waals surface area contributed by atoms with Gasteiger partial charge in [-0.05, 0) is 32.1 Å². The summed E-state index contributed by atoms with van der Waals surface area (Å²) in [4.78, 5) is 34.1. The summed E-state index contributed by atoms with van der Waals surface area (Å²) in [5.74, 6) is -0.858. The minimum atomic E-state index is -4.35. The van der Waals surface area contributed by atoms with Crippen molar-refractivity contribution in [2.45, 2.75) is 123 Å². The Bertz CT molecular complexity index is 644. The van der Waals surface area contributed by atoms with Gasteiger partial charge in [-0.15, -0.1) is 0 Å². The SMILES string of the molecule is CCCC/C=C\CCCCCCCC(=O)OC(COC(=O)CCCCCCC)COP(=O)(O)OCCN. The number of allylic oxidation sites excluding steroid dienone is 2. The molecule has 0 aliphatic heterocycles. The molecular weight excluding hydrogens is 497 g/mol. The van der Waals surface area contributed by atoms with Gasteiger partial charge < -0.3 is 20.1 Å². The van der Waals surface area contributed by atoms with Gasteiger partial charge in [0.15, 0.2) is 6.10 Å². The Morgan fingerprint density at radius 1 is 0.784 bits per heavy atom. The number of ether oxygens (including phenoxy) is 2. The molecule has 2 unspecified atom stereocenters. The van der Waals surface area contributed by atoms with Crippen LogP contribution in [0, 0.1) is 0 Å². The minimum Gasteiger partial charge on any atom is -0.462 e. The van der Waals surface area contributed by atoms with E-state index >= 15 is 0 Å². The van der Waals surface area contributed by atoms with Crippen molar-refractivity contribution in [2.75, 3.05) is 26.4 Å². The van der Waals surface area contributed by atoms with Crippen LogP contribution >= 0.6 is 7.82 Å². The van der Waals surface area contributed by atoms with E-state index in [0.29, 0.717) is 6.42 Å². The van der Waals surface area contributed by atoms with Crippen LogP contribution in [-0.2, 0) is 32.7 Å². The van der Waals surface area contributed by atoms with Gasteiger partial charge in [-0.3, -0.25) is 18.6 Å². The Labute approximate surface area is 224 Å². The zero-order chi connectivity index (χ0) is 27.6. The lowest BCUT2D eigenvalue weighted by atomic mass is 10.1. The molecule has 0 aromatic carbocycles. The third-order valence-corrected chi connectivity index (χ3v) is 6.64. The quantitative estimate of drug-likeness (QED) is 0.0546. The van der Waals surface area contributed by atoms with E-state index in [1.807, 2.05) is 0 Å². The number of phosphoric ester groups is 1. The average Bonchev–Trinajstić information content (AvgIpc) is 2.87. The largest absolute Gasteiger partial charge is 0.472 e. The van der Waals surface area contributed by atoms with Gasteiger partial charge in [-0.25, -0.2) is 4.57 Å². The summed E-state index contributed by atoms with van der Waals surface area (Å²) in [5, 5.41) is 0. The number of esters is 2. The Kier molecular flexibility index (Phi) is 24.2. The van der Waals surface area contributed by atoms with Crippen LogP contribution in [0.2, 0.25) is 0 Å². The molecule has 10 heteroatoms. The summed E-state index contributed by atoms with van der Waals surface area (Å²) in [6.45, 7) is 3.54. The molecule has 0 amide bonds. The van der Waals surface area contributed by atoms with E-state index in [1.54, 1.807) is 0 Å². The van der Waals surface area contributed by atoms with Crippen molar-refractivity contribution in [3.63, 3.8) is 0 Å². The summed E-state index contributed by atoms with van der Waals surface area (Å²) < 4.78 is 32.2. The van der Waals surface area contributed by atoms with Gasteiger partial charge in [0.2, 0.25) is 0 Å². The van der Waals surface area contributed by atoms with Gasteiger partial charge in [0.05, 0.1) is 13.2 Å². The summed E-state index contributed by atoms with van der Waals surface area (Å²) in [5.41, 5.74) is 5.28. The van der Waals surface area contributed by atoms with E-state index in [2.05, 4.69) is 26.0 Å². The van der Waals surface area contributed by atoms with Crippen LogP contribution in [0.25, 0.3) is 0 Å². The van der Waals surface area contributed by atoms with E-state index in [4.69, 9.17) is 24.3 Å². The van der Waals surface area contributed by atoms with Gasteiger partial charge in [0.25, 0.3) is 0 Å². The molecular formula is C27H52NO8P. The van der Waals surface area contributed by atoms with E-state index < -0.39 is 32.5 Å². The van der Waals surface area contributed by atoms with E-state index in [9.17, 15) is 19.0 Å². The van der Waals surface area contributed by atoms with Crippen LogP contribution in [0.1, 0.15) is 117 Å². The van der Waals surface area contributed by atoms with Crippen LogP contribution in [0.5, 0.6) is 0 Å². The van der Waals surface area contributed by atoms with Crippen molar-refractivity contribution in [1.29, 1.82) is 0 Å². The molecule has 0 rings (SSSR count). The highest BCUT2D eigenvalue weighted by Crippen LogP contribution is 2.43. The second kappa shape index (κ2) is 25.1. The maximum Gasteiger partial charge on any atom is 0.472 e. The standard InChI is InChI=1S/C27H52NO8P/c1-3-5-7-9-10-11-12-13-14-16-18-20-27(30)36-25(24-35-37(31,32)34-22-21-28)23-33-26(29)19-17-15-8-6-4-2/h9-10,25H,3-8,11-24,28H2,1-2H3,(H,31,32)/b10-9-. The molecule has 0 saturated heterocycles. The normalized spacial score (nSPS) is 13.9. The number of phosphoric acid groups is 1. The third-order valence-electron chi connectivity index (χ3n) is 5.65. The number of carbonyl (C=O) groups excluding carboxylic acids is 2.